The lowest BCUT2D eigenvalue weighted by Gasteiger charge is -2.27. The van der Waals surface area contributed by atoms with Gasteiger partial charge in [-0.1, -0.05) is 133 Å². The zero-order chi connectivity index (χ0) is 32.1. The molecule has 0 fully saturated rings. The molecule has 0 aliphatic carbocycles. The number of nitrogens with zero attached hydrogens (tertiary/aromatic N) is 1. The third kappa shape index (κ3) is 9.27. The minimum atomic E-state index is -1.61. The number of esters is 2. The van der Waals surface area contributed by atoms with Crippen molar-refractivity contribution in [2.45, 2.75) is 38.3 Å². The topological polar surface area (TPSA) is 105 Å². The van der Waals surface area contributed by atoms with Gasteiger partial charge in [0.1, 0.15) is 19.3 Å². The molecule has 8 nitrogen and oxygen atoms in total. The molecule has 0 spiro atoms. The first-order chi connectivity index (χ1) is 22.4. The molecule has 5 aromatic carbocycles. The Hall–Kier alpha value is -5.47. The van der Waals surface area contributed by atoms with Crippen LogP contribution in [0, 0.1) is 0 Å². The Morgan fingerprint density at radius 3 is 1.74 bits per heavy atom. The molecule has 0 saturated heterocycles. The van der Waals surface area contributed by atoms with E-state index in [-0.39, 0.29) is 32.7 Å². The fraction of sp³-hybridized carbons (Fsp3) is 0.184. The maximum Gasteiger partial charge on any atom is 0.337 e. The Balaban J connectivity index is 1.33. The number of nitrogens with one attached hydrogen (secondary N) is 1. The SMILES string of the molecule is O=C(OCc1ccccc1)C(O)CN(Cc1ccccc1)C(=O)N[C@@H](Cc1ccc2ccccc2c1)C(=O)OCc1ccccc1. The number of rotatable bonds is 13. The van der Waals surface area contributed by atoms with Gasteiger partial charge in [0.15, 0.2) is 6.10 Å². The summed E-state index contributed by atoms with van der Waals surface area (Å²) in [6.45, 7) is -0.236. The van der Waals surface area contributed by atoms with E-state index in [2.05, 4.69) is 5.32 Å². The van der Waals surface area contributed by atoms with E-state index in [4.69, 9.17) is 9.47 Å². The number of fused-ring (bicyclic) bond motifs is 1. The van der Waals surface area contributed by atoms with E-state index in [0.717, 1.165) is 33.0 Å². The summed E-state index contributed by atoms with van der Waals surface area (Å²) in [7, 11) is 0. The summed E-state index contributed by atoms with van der Waals surface area (Å²) in [5, 5.41) is 15.7. The standard InChI is InChI=1S/C38H36N2O6/c41-35(37(43)46-27-30-16-8-3-9-17-30)25-40(24-28-12-4-1-5-13-28)38(44)39-34(36(42)45-26-29-14-6-2-7-15-29)23-31-20-21-32-18-10-11-19-33(32)22-31/h1-22,34-35,41H,23-27H2,(H,39,44)/t34-,35?/m0/s1. The Kier molecular flexibility index (Phi) is 11.1. The summed E-state index contributed by atoms with van der Waals surface area (Å²) in [5.74, 6) is -1.46. The normalized spacial score (nSPS) is 12.1. The van der Waals surface area contributed by atoms with Crippen molar-refractivity contribution in [2.24, 2.45) is 0 Å². The summed E-state index contributed by atoms with van der Waals surface area (Å²) in [4.78, 5) is 41.3. The van der Waals surface area contributed by atoms with E-state index in [1.54, 1.807) is 12.1 Å². The molecular formula is C38H36N2O6. The number of aliphatic hydroxyl groups is 1. The fourth-order valence-corrected chi connectivity index (χ4v) is 5.00. The lowest BCUT2D eigenvalue weighted by atomic mass is 10.0. The molecule has 46 heavy (non-hydrogen) atoms. The van der Waals surface area contributed by atoms with Gasteiger partial charge in [-0.05, 0) is 33.0 Å². The predicted molar refractivity (Wildman–Crippen MR) is 175 cm³/mol. The van der Waals surface area contributed by atoms with E-state index >= 15 is 0 Å². The van der Waals surface area contributed by atoms with E-state index in [1.807, 2.05) is 121 Å². The molecule has 0 aliphatic heterocycles. The Morgan fingerprint density at radius 2 is 1.13 bits per heavy atom. The molecule has 0 aliphatic rings. The van der Waals surface area contributed by atoms with E-state index in [1.165, 1.54) is 4.90 Å². The van der Waals surface area contributed by atoms with Crippen LogP contribution in [0.25, 0.3) is 10.8 Å². The first-order valence-electron chi connectivity index (χ1n) is 15.1. The van der Waals surface area contributed by atoms with Crippen molar-refractivity contribution in [3.63, 3.8) is 0 Å². The fourth-order valence-electron chi connectivity index (χ4n) is 5.00. The summed E-state index contributed by atoms with van der Waals surface area (Å²) >= 11 is 0. The monoisotopic (exact) mass is 616 g/mol. The van der Waals surface area contributed by atoms with Crippen molar-refractivity contribution in [1.82, 2.24) is 10.2 Å². The molecule has 1 unspecified atom stereocenters. The number of aliphatic hydroxyl groups excluding tert-OH is 1. The maximum atomic E-state index is 13.8. The summed E-state index contributed by atoms with van der Waals surface area (Å²) < 4.78 is 11.0. The molecule has 0 aromatic heterocycles. The smallest absolute Gasteiger partial charge is 0.337 e. The number of urea groups is 1. The van der Waals surface area contributed by atoms with Crippen LogP contribution in [0.4, 0.5) is 4.79 Å². The lowest BCUT2D eigenvalue weighted by molar-refractivity contribution is -0.155. The van der Waals surface area contributed by atoms with Gasteiger partial charge >= 0.3 is 18.0 Å². The maximum absolute atomic E-state index is 13.8. The van der Waals surface area contributed by atoms with Crippen molar-refractivity contribution >= 4 is 28.7 Å². The van der Waals surface area contributed by atoms with Crippen molar-refractivity contribution in [1.29, 1.82) is 0 Å². The van der Waals surface area contributed by atoms with Crippen molar-refractivity contribution in [3.05, 3.63) is 156 Å². The highest BCUT2D eigenvalue weighted by Gasteiger charge is 2.29. The average Bonchev–Trinajstić information content (AvgIpc) is 3.10. The van der Waals surface area contributed by atoms with Crippen LogP contribution in [-0.4, -0.2) is 46.7 Å². The Labute approximate surface area is 268 Å². The molecule has 0 bridgehead atoms. The molecule has 0 saturated carbocycles. The number of benzene rings is 5. The number of carbonyl (C=O) groups is 3. The number of hydrogen-bond donors (Lipinski definition) is 2. The lowest BCUT2D eigenvalue weighted by Crippen LogP contribution is -2.51. The van der Waals surface area contributed by atoms with Crippen LogP contribution in [0.15, 0.2) is 133 Å². The summed E-state index contributed by atoms with van der Waals surface area (Å²) in [5.41, 5.74) is 3.20. The zero-order valence-electron chi connectivity index (χ0n) is 25.3. The van der Waals surface area contributed by atoms with Gasteiger partial charge in [-0.25, -0.2) is 14.4 Å². The second-order valence-corrected chi connectivity index (χ2v) is 11.0. The van der Waals surface area contributed by atoms with Crippen LogP contribution in [0.5, 0.6) is 0 Å². The highest BCUT2D eigenvalue weighted by Crippen LogP contribution is 2.18. The summed E-state index contributed by atoms with van der Waals surface area (Å²) in [6.07, 6.45) is -1.44. The van der Waals surface area contributed by atoms with Gasteiger partial charge in [0.2, 0.25) is 0 Å². The van der Waals surface area contributed by atoms with E-state index < -0.39 is 30.1 Å². The van der Waals surface area contributed by atoms with Crippen molar-refractivity contribution in [2.75, 3.05) is 6.54 Å². The van der Waals surface area contributed by atoms with Gasteiger partial charge in [0.25, 0.3) is 0 Å². The van der Waals surface area contributed by atoms with Crippen LogP contribution in [-0.2, 0) is 45.2 Å². The van der Waals surface area contributed by atoms with Crippen molar-refractivity contribution in [3.8, 4) is 0 Å². The Bertz CT molecular complexity index is 1730. The van der Waals surface area contributed by atoms with Crippen LogP contribution in [0.3, 0.4) is 0 Å². The molecular weight excluding hydrogens is 580 g/mol. The number of amides is 2. The molecule has 2 atom stereocenters. The number of carbonyl (C=O) groups excluding carboxylic acids is 3. The molecule has 5 aromatic rings. The largest absolute Gasteiger partial charge is 0.459 e. The quantitative estimate of drug-likeness (QED) is 0.162. The minimum absolute atomic E-state index is 0.0112. The van der Waals surface area contributed by atoms with Gasteiger partial charge < -0.3 is 24.8 Å². The highest BCUT2D eigenvalue weighted by molar-refractivity contribution is 5.86. The van der Waals surface area contributed by atoms with Gasteiger partial charge in [0.05, 0.1) is 6.54 Å². The van der Waals surface area contributed by atoms with E-state index in [9.17, 15) is 19.5 Å². The number of hydrogen-bond acceptors (Lipinski definition) is 6. The molecule has 2 N–H and O–H groups in total. The average molecular weight is 617 g/mol. The van der Waals surface area contributed by atoms with Crippen LogP contribution < -0.4 is 5.32 Å². The zero-order valence-corrected chi connectivity index (χ0v) is 25.3. The Morgan fingerprint density at radius 1 is 0.609 bits per heavy atom. The van der Waals surface area contributed by atoms with Crippen LogP contribution in [0.2, 0.25) is 0 Å². The van der Waals surface area contributed by atoms with E-state index in [0.29, 0.717) is 0 Å². The highest BCUT2D eigenvalue weighted by atomic mass is 16.5. The van der Waals surface area contributed by atoms with Gasteiger partial charge in [-0.3, -0.25) is 0 Å². The molecule has 8 heteroatoms. The third-order valence-corrected chi connectivity index (χ3v) is 7.45. The third-order valence-electron chi connectivity index (χ3n) is 7.45. The minimum Gasteiger partial charge on any atom is -0.459 e. The number of ether oxygens (including phenoxy) is 2. The first kappa shape index (κ1) is 31.9. The molecule has 2 amide bonds. The van der Waals surface area contributed by atoms with Crippen molar-refractivity contribution < 1.29 is 29.0 Å². The molecule has 234 valence electrons. The predicted octanol–water partition coefficient (Wildman–Crippen LogP) is 5.81. The second kappa shape index (κ2) is 16.0. The summed E-state index contributed by atoms with van der Waals surface area (Å²) in [6, 6.07) is 39.7. The van der Waals surface area contributed by atoms with Gasteiger partial charge in [-0.15, -0.1) is 0 Å². The second-order valence-electron chi connectivity index (χ2n) is 11.0. The first-order valence-corrected chi connectivity index (χ1v) is 15.1. The molecule has 5 rings (SSSR count). The molecule has 0 radical (unpaired) electrons. The van der Waals surface area contributed by atoms with Crippen LogP contribution in [0.1, 0.15) is 22.3 Å². The van der Waals surface area contributed by atoms with Crippen LogP contribution >= 0.6 is 0 Å². The van der Waals surface area contributed by atoms with Gasteiger partial charge in [-0.2, -0.15) is 0 Å². The van der Waals surface area contributed by atoms with Gasteiger partial charge in [0, 0.05) is 13.0 Å². The molecule has 0 heterocycles.